The molecule has 1 unspecified atom stereocenters. The van der Waals surface area contributed by atoms with Gasteiger partial charge in [0.25, 0.3) is 0 Å². The zero-order valence-electron chi connectivity index (χ0n) is 13.3. The second-order valence-corrected chi connectivity index (χ2v) is 6.68. The van der Waals surface area contributed by atoms with E-state index in [9.17, 15) is 0 Å². The molecule has 1 atom stereocenters. The van der Waals surface area contributed by atoms with Crippen LogP contribution in [0.25, 0.3) is 0 Å². The maximum absolute atomic E-state index is 6.16. The van der Waals surface area contributed by atoms with Crippen LogP contribution in [-0.2, 0) is 13.0 Å². The van der Waals surface area contributed by atoms with Gasteiger partial charge in [0.05, 0.1) is 0 Å². The minimum absolute atomic E-state index is 0.281. The molecule has 21 heavy (non-hydrogen) atoms. The minimum Gasteiger partial charge on any atom is -0.329 e. The Labute approximate surface area is 132 Å². The minimum atomic E-state index is 0.281. The fourth-order valence-corrected chi connectivity index (χ4v) is 3.57. The Balaban J connectivity index is 2.31. The van der Waals surface area contributed by atoms with Crippen LogP contribution in [0.5, 0.6) is 0 Å². The van der Waals surface area contributed by atoms with E-state index in [1.54, 1.807) is 0 Å². The van der Waals surface area contributed by atoms with Crippen LogP contribution < -0.4 is 5.73 Å². The van der Waals surface area contributed by atoms with E-state index in [2.05, 4.69) is 67.4 Å². The normalized spacial score (nSPS) is 13.0. The number of rotatable bonds is 7. The molecular weight excluding hydrogens is 276 g/mol. The third-order valence-electron chi connectivity index (χ3n) is 4.00. The van der Waals surface area contributed by atoms with Crippen LogP contribution in [0, 0.1) is 0 Å². The number of nitrogens with two attached hydrogens (primary N) is 1. The summed E-state index contributed by atoms with van der Waals surface area (Å²) in [5, 5.41) is 2.14. The van der Waals surface area contributed by atoms with E-state index in [1.165, 1.54) is 16.0 Å². The fourth-order valence-electron chi connectivity index (χ4n) is 2.86. The van der Waals surface area contributed by atoms with Gasteiger partial charge in [0.1, 0.15) is 0 Å². The lowest BCUT2D eigenvalue weighted by molar-refractivity contribution is 0.149. The summed E-state index contributed by atoms with van der Waals surface area (Å²) in [5.74, 6) is 0. The van der Waals surface area contributed by atoms with Crippen molar-refractivity contribution in [1.29, 1.82) is 0 Å². The average molecular weight is 302 g/mol. The van der Waals surface area contributed by atoms with Gasteiger partial charge < -0.3 is 5.73 Å². The summed E-state index contributed by atoms with van der Waals surface area (Å²) in [4.78, 5) is 3.91. The number of benzene rings is 1. The molecule has 2 N–H and O–H groups in total. The topological polar surface area (TPSA) is 29.3 Å². The largest absolute Gasteiger partial charge is 0.329 e. The van der Waals surface area contributed by atoms with Crippen LogP contribution in [0.1, 0.15) is 42.8 Å². The first-order valence-corrected chi connectivity index (χ1v) is 8.61. The highest BCUT2D eigenvalue weighted by molar-refractivity contribution is 7.09. The summed E-state index contributed by atoms with van der Waals surface area (Å²) < 4.78 is 0. The highest BCUT2D eigenvalue weighted by Gasteiger charge is 2.23. The van der Waals surface area contributed by atoms with Gasteiger partial charge >= 0.3 is 0 Å². The summed E-state index contributed by atoms with van der Waals surface area (Å²) >= 11 is 1.82. The lowest BCUT2D eigenvalue weighted by Crippen LogP contribution is -2.38. The van der Waals surface area contributed by atoms with Gasteiger partial charge in [-0.15, -0.1) is 11.3 Å². The molecule has 0 fully saturated rings. The second-order valence-electron chi connectivity index (χ2n) is 5.65. The van der Waals surface area contributed by atoms with Crippen molar-refractivity contribution in [3.63, 3.8) is 0 Å². The van der Waals surface area contributed by atoms with Gasteiger partial charge in [-0.1, -0.05) is 37.3 Å². The molecule has 0 aliphatic carbocycles. The van der Waals surface area contributed by atoms with E-state index >= 15 is 0 Å². The predicted molar refractivity (Wildman–Crippen MR) is 92.6 cm³/mol. The molecule has 0 saturated heterocycles. The Kier molecular flexibility index (Phi) is 5.97. The number of nitrogens with zero attached hydrogens (tertiary/aromatic N) is 1. The van der Waals surface area contributed by atoms with Crippen LogP contribution in [0.4, 0.5) is 0 Å². The molecule has 0 saturated carbocycles. The molecule has 3 heteroatoms. The molecule has 0 amide bonds. The van der Waals surface area contributed by atoms with E-state index in [4.69, 9.17) is 5.73 Å². The predicted octanol–water partition coefficient (Wildman–Crippen LogP) is 4.22. The third-order valence-corrected chi connectivity index (χ3v) is 4.86. The second kappa shape index (κ2) is 7.74. The molecule has 2 rings (SSSR count). The Hall–Kier alpha value is -1.16. The van der Waals surface area contributed by atoms with Crippen molar-refractivity contribution in [2.24, 2.45) is 5.73 Å². The quantitative estimate of drug-likeness (QED) is 0.829. The maximum atomic E-state index is 6.16. The van der Waals surface area contributed by atoms with Gasteiger partial charge in [0.2, 0.25) is 0 Å². The number of hydrogen-bond donors (Lipinski definition) is 1. The van der Waals surface area contributed by atoms with Crippen LogP contribution in [-0.4, -0.2) is 17.5 Å². The fraction of sp³-hybridized carbons (Fsp3) is 0.444. The first kappa shape index (κ1) is 16.2. The highest BCUT2D eigenvalue weighted by atomic mass is 32.1. The van der Waals surface area contributed by atoms with Crippen LogP contribution >= 0.6 is 11.3 Å². The lowest BCUT2D eigenvalue weighted by atomic mass is 9.96. The van der Waals surface area contributed by atoms with E-state index in [-0.39, 0.29) is 6.04 Å². The van der Waals surface area contributed by atoms with Gasteiger partial charge in [0.15, 0.2) is 0 Å². The Morgan fingerprint density at radius 2 is 1.90 bits per heavy atom. The molecule has 114 valence electrons. The number of thiophene rings is 1. The molecule has 2 nitrogen and oxygen atoms in total. The summed E-state index contributed by atoms with van der Waals surface area (Å²) in [7, 11) is 0. The van der Waals surface area contributed by atoms with Gasteiger partial charge in [-0.05, 0) is 42.8 Å². The van der Waals surface area contributed by atoms with Gasteiger partial charge in [-0.25, -0.2) is 0 Å². The van der Waals surface area contributed by atoms with E-state index in [1.807, 2.05) is 11.3 Å². The smallest absolute Gasteiger partial charge is 0.0479 e. The van der Waals surface area contributed by atoms with Gasteiger partial charge in [-0.2, -0.15) is 0 Å². The van der Waals surface area contributed by atoms with E-state index in [0.29, 0.717) is 12.6 Å². The monoisotopic (exact) mass is 302 g/mol. The number of hydrogen-bond acceptors (Lipinski definition) is 3. The first-order chi connectivity index (χ1) is 10.2. The van der Waals surface area contributed by atoms with E-state index in [0.717, 1.165) is 13.0 Å². The molecule has 1 aromatic carbocycles. The molecular formula is C18H26N2S. The molecule has 2 aromatic rings. The van der Waals surface area contributed by atoms with Crippen LogP contribution in [0.3, 0.4) is 0 Å². The molecule has 1 heterocycles. The van der Waals surface area contributed by atoms with Crippen molar-refractivity contribution in [3.05, 3.63) is 57.8 Å². The lowest BCUT2D eigenvalue weighted by Gasteiger charge is -2.35. The molecule has 0 aliphatic heterocycles. The van der Waals surface area contributed by atoms with Crippen LogP contribution in [0.15, 0.2) is 41.8 Å². The Morgan fingerprint density at radius 1 is 1.14 bits per heavy atom. The van der Waals surface area contributed by atoms with Crippen molar-refractivity contribution < 1.29 is 0 Å². The third kappa shape index (κ3) is 3.94. The van der Waals surface area contributed by atoms with Crippen molar-refractivity contribution in [3.8, 4) is 0 Å². The first-order valence-electron chi connectivity index (χ1n) is 7.73. The molecule has 0 bridgehead atoms. The summed E-state index contributed by atoms with van der Waals surface area (Å²) in [6.07, 6.45) is 1.05. The van der Waals surface area contributed by atoms with Crippen LogP contribution in [0.2, 0.25) is 0 Å². The van der Waals surface area contributed by atoms with Crippen molar-refractivity contribution >= 4 is 11.3 Å². The standard InChI is InChI=1S/C18H26N2S/c1-4-15-8-5-6-10-17(15)18(12-19)20(14(2)3)13-16-9-7-11-21-16/h5-11,14,18H,4,12-13,19H2,1-3H3. The molecule has 0 radical (unpaired) electrons. The van der Waals surface area contributed by atoms with Gasteiger partial charge in [0, 0.05) is 30.1 Å². The van der Waals surface area contributed by atoms with Crippen molar-refractivity contribution in [2.75, 3.05) is 6.54 Å². The Morgan fingerprint density at radius 3 is 2.48 bits per heavy atom. The van der Waals surface area contributed by atoms with Crippen molar-refractivity contribution in [1.82, 2.24) is 4.90 Å². The summed E-state index contributed by atoms with van der Waals surface area (Å²) in [6.45, 7) is 8.34. The summed E-state index contributed by atoms with van der Waals surface area (Å²) in [6, 6.07) is 13.8. The zero-order chi connectivity index (χ0) is 15.2. The highest BCUT2D eigenvalue weighted by Crippen LogP contribution is 2.28. The SMILES string of the molecule is CCc1ccccc1C(CN)N(Cc1cccs1)C(C)C. The van der Waals surface area contributed by atoms with Gasteiger partial charge in [-0.3, -0.25) is 4.90 Å². The van der Waals surface area contributed by atoms with Crippen molar-refractivity contribution in [2.45, 2.75) is 45.8 Å². The molecule has 0 aliphatic rings. The summed E-state index contributed by atoms with van der Waals surface area (Å²) in [5.41, 5.74) is 8.95. The zero-order valence-corrected chi connectivity index (χ0v) is 14.1. The maximum Gasteiger partial charge on any atom is 0.0479 e. The Bertz CT molecular complexity index is 534. The molecule has 1 aromatic heterocycles. The van der Waals surface area contributed by atoms with E-state index < -0.39 is 0 Å². The molecule has 0 spiro atoms. The average Bonchev–Trinajstić information content (AvgIpc) is 3.00. The number of aryl methyl sites for hydroxylation is 1.